The van der Waals surface area contributed by atoms with E-state index in [2.05, 4.69) is 25.6 Å². The van der Waals surface area contributed by atoms with E-state index in [-0.39, 0.29) is 17.9 Å². The van der Waals surface area contributed by atoms with E-state index in [4.69, 9.17) is 18.7 Å². The van der Waals surface area contributed by atoms with Gasteiger partial charge in [0.2, 0.25) is 0 Å². The van der Waals surface area contributed by atoms with Crippen molar-refractivity contribution < 1.29 is 37.9 Å². The first kappa shape index (κ1) is 26.3. The minimum absolute atomic E-state index is 0.138. The number of ether oxygens (including phenoxy) is 3. The van der Waals surface area contributed by atoms with Crippen LogP contribution in [0.5, 0.6) is 0 Å². The van der Waals surface area contributed by atoms with Gasteiger partial charge in [0.1, 0.15) is 24.6 Å². The number of hydrogen-bond acceptors (Lipinski definition) is 9. The number of aromatic nitrogens is 4. The Morgan fingerprint density at radius 1 is 1.08 bits per heavy atom. The van der Waals surface area contributed by atoms with Gasteiger partial charge in [0.05, 0.1) is 12.9 Å². The Labute approximate surface area is 223 Å². The second kappa shape index (κ2) is 10.9. The number of imidazole rings is 1. The fourth-order valence-corrected chi connectivity index (χ4v) is 5.70. The lowest BCUT2D eigenvalue weighted by Crippen LogP contribution is -2.36. The van der Waals surface area contributed by atoms with Crippen LogP contribution >= 0.6 is 7.82 Å². The van der Waals surface area contributed by atoms with Crippen LogP contribution in [0.1, 0.15) is 37.5 Å². The van der Waals surface area contributed by atoms with E-state index in [0.29, 0.717) is 17.6 Å². The molecule has 15 heteroatoms. The summed E-state index contributed by atoms with van der Waals surface area (Å²) in [6.07, 6.45) is 3.84. The van der Waals surface area contributed by atoms with Crippen molar-refractivity contribution in [2.75, 3.05) is 11.9 Å². The van der Waals surface area contributed by atoms with Gasteiger partial charge in [-0.25, -0.2) is 24.3 Å². The van der Waals surface area contributed by atoms with Crippen LogP contribution in [-0.2, 0) is 29.7 Å². The molecule has 3 aliphatic rings. The van der Waals surface area contributed by atoms with Crippen molar-refractivity contribution in [3.63, 3.8) is 0 Å². The number of phosphoric acid groups is 1. The molecule has 2 aliphatic heterocycles. The predicted molar refractivity (Wildman–Crippen MR) is 135 cm³/mol. The normalized spacial score (nSPS) is 27.2. The topological polar surface area (TPSA) is 179 Å². The molecule has 5 atom stereocenters. The summed E-state index contributed by atoms with van der Waals surface area (Å²) >= 11 is 0. The maximum Gasteiger partial charge on any atom is 0.469 e. The molecule has 6 rings (SSSR count). The Morgan fingerprint density at radius 3 is 2.62 bits per heavy atom. The number of rotatable bonds is 8. The van der Waals surface area contributed by atoms with E-state index < -0.39 is 45.3 Å². The largest absolute Gasteiger partial charge is 0.469 e. The highest BCUT2D eigenvalue weighted by molar-refractivity contribution is 7.46. The molecule has 0 spiro atoms. The molecule has 2 saturated heterocycles. The fourth-order valence-electron chi connectivity index (χ4n) is 5.36. The summed E-state index contributed by atoms with van der Waals surface area (Å²) in [4.78, 5) is 44.0. The van der Waals surface area contributed by atoms with Gasteiger partial charge in [0, 0.05) is 12.5 Å². The number of urea groups is 1. The number of nitrogens with zero attached hydrogens (tertiary/aromatic N) is 4. The van der Waals surface area contributed by atoms with E-state index in [1.54, 1.807) is 4.57 Å². The van der Waals surface area contributed by atoms with Crippen molar-refractivity contribution in [3.05, 3.63) is 48.5 Å². The lowest BCUT2D eigenvalue weighted by molar-refractivity contribution is -0.149. The molecule has 3 fully saturated rings. The predicted octanol–water partition coefficient (Wildman–Crippen LogP) is 2.25. The number of phosphoric ester groups is 1. The van der Waals surface area contributed by atoms with Gasteiger partial charge in [-0.1, -0.05) is 43.2 Å². The van der Waals surface area contributed by atoms with Crippen LogP contribution < -0.4 is 10.6 Å². The smallest absolute Gasteiger partial charge is 0.347 e. The zero-order valence-corrected chi connectivity index (χ0v) is 21.7. The Balaban J connectivity index is 1.23. The van der Waals surface area contributed by atoms with Gasteiger partial charge >= 0.3 is 13.9 Å². The first-order valence-corrected chi connectivity index (χ1v) is 14.3. The molecule has 208 valence electrons. The number of nitrogens with one attached hydrogen (secondary N) is 2. The standard InChI is InChI=1S/C24H29N6O8P/c31-24(28-15-8-4-5-9-15)29-21-18-22(26-12-25-21)30(13-27-18)23-20-19(16(36-23)11-35-39(32,33)34)37-17(38-20)10-14-6-2-1-3-7-14/h1-3,6-7,12-13,15-17,19-20,23H,4-5,8-11H2,(H2,32,33,34)(H2,25,26,28,29,31)/t16-,17?,19+,20?,23-/m1/s1. The number of fused-ring (bicyclic) bond motifs is 2. The Kier molecular flexibility index (Phi) is 7.33. The molecule has 1 aliphatic carbocycles. The summed E-state index contributed by atoms with van der Waals surface area (Å²) < 4.78 is 36.3. The Hall–Kier alpha value is -2.97. The average Bonchev–Trinajstić information content (AvgIpc) is 3.68. The first-order valence-electron chi connectivity index (χ1n) is 12.8. The van der Waals surface area contributed by atoms with Gasteiger partial charge in [0.15, 0.2) is 29.5 Å². The maximum absolute atomic E-state index is 12.6. The monoisotopic (exact) mass is 560 g/mol. The lowest BCUT2D eigenvalue weighted by Gasteiger charge is -2.21. The number of benzene rings is 1. The Morgan fingerprint density at radius 2 is 1.85 bits per heavy atom. The van der Waals surface area contributed by atoms with E-state index in [0.717, 1.165) is 31.2 Å². The van der Waals surface area contributed by atoms with Crippen molar-refractivity contribution in [2.24, 2.45) is 0 Å². The van der Waals surface area contributed by atoms with E-state index in [1.165, 1.54) is 12.7 Å². The highest BCUT2D eigenvalue weighted by Gasteiger charge is 2.54. The molecule has 14 nitrogen and oxygen atoms in total. The Bertz CT molecular complexity index is 1360. The van der Waals surface area contributed by atoms with Gasteiger partial charge in [0.25, 0.3) is 0 Å². The molecule has 1 saturated carbocycles. The second-order valence-corrected chi connectivity index (χ2v) is 11.0. The number of anilines is 1. The molecular weight excluding hydrogens is 531 g/mol. The zero-order valence-electron chi connectivity index (χ0n) is 20.8. The molecule has 39 heavy (non-hydrogen) atoms. The maximum atomic E-state index is 12.6. The van der Waals surface area contributed by atoms with Crippen LogP contribution in [-0.4, -0.2) is 72.6 Å². The molecule has 4 heterocycles. The quantitative estimate of drug-likeness (QED) is 0.297. The number of amides is 2. The first-order chi connectivity index (χ1) is 18.8. The molecule has 0 radical (unpaired) electrons. The number of carbonyl (C=O) groups excluding carboxylic acids is 1. The zero-order chi connectivity index (χ0) is 27.0. The molecule has 1 aromatic carbocycles. The van der Waals surface area contributed by atoms with E-state index in [1.807, 2.05) is 30.3 Å². The van der Waals surface area contributed by atoms with E-state index in [9.17, 15) is 19.1 Å². The fraction of sp³-hybridized carbons (Fsp3) is 0.500. The molecule has 3 aromatic rings. The summed E-state index contributed by atoms with van der Waals surface area (Å²) in [5.74, 6) is 0.246. The molecule has 2 unspecified atom stereocenters. The van der Waals surface area contributed by atoms with Gasteiger partial charge in [-0.3, -0.25) is 14.4 Å². The van der Waals surface area contributed by atoms with Crippen molar-refractivity contribution in [1.82, 2.24) is 24.8 Å². The van der Waals surface area contributed by atoms with Crippen LogP contribution in [0.25, 0.3) is 11.2 Å². The van der Waals surface area contributed by atoms with Crippen LogP contribution in [0.3, 0.4) is 0 Å². The summed E-state index contributed by atoms with van der Waals surface area (Å²) in [7, 11) is -4.74. The summed E-state index contributed by atoms with van der Waals surface area (Å²) in [5, 5.41) is 5.72. The molecule has 4 N–H and O–H groups in total. The minimum Gasteiger partial charge on any atom is -0.347 e. The molecular formula is C24H29N6O8P. The van der Waals surface area contributed by atoms with Gasteiger partial charge < -0.3 is 29.3 Å². The van der Waals surface area contributed by atoms with Crippen LogP contribution in [0.15, 0.2) is 43.0 Å². The van der Waals surface area contributed by atoms with Gasteiger partial charge in [-0.05, 0) is 18.4 Å². The third-order valence-electron chi connectivity index (χ3n) is 7.11. The SMILES string of the molecule is O=C(Nc1ncnc2c1ncn2[C@@H]1O[C@H](COP(=O)(O)O)[C@@H]2OC(Cc3ccccc3)OC21)NC1CCCC1. The number of hydrogen-bond donors (Lipinski definition) is 4. The van der Waals surface area contributed by atoms with Crippen molar-refractivity contribution in [3.8, 4) is 0 Å². The lowest BCUT2D eigenvalue weighted by atomic mass is 10.1. The highest BCUT2D eigenvalue weighted by atomic mass is 31.2. The summed E-state index contributed by atoms with van der Waals surface area (Å²) in [5.41, 5.74) is 1.75. The van der Waals surface area contributed by atoms with Crippen LogP contribution in [0.2, 0.25) is 0 Å². The molecule has 2 aromatic heterocycles. The van der Waals surface area contributed by atoms with Crippen molar-refractivity contribution in [1.29, 1.82) is 0 Å². The van der Waals surface area contributed by atoms with Gasteiger partial charge in [-0.15, -0.1) is 0 Å². The second-order valence-electron chi connectivity index (χ2n) is 9.80. The molecule has 2 amide bonds. The third-order valence-corrected chi connectivity index (χ3v) is 7.60. The van der Waals surface area contributed by atoms with Crippen LogP contribution in [0.4, 0.5) is 10.6 Å². The van der Waals surface area contributed by atoms with E-state index >= 15 is 0 Å². The van der Waals surface area contributed by atoms with Crippen molar-refractivity contribution in [2.45, 2.75) is 69.0 Å². The number of carbonyl (C=O) groups is 1. The third kappa shape index (κ3) is 5.82. The average molecular weight is 561 g/mol. The summed E-state index contributed by atoms with van der Waals surface area (Å²) in [6.45, 7) is -0.404. The molecule has 0 bridgehead atoms. The summed E-state index contributed by atoms with van der Waals surface area (Å²) in [6, 6.07) is 9.46. The minimum atomic E-state index is -4.74. The van der Waals surface area contributed by atoms with Crippen LogP contribution in [0, 0.1) is 0 Å². The van der Waals surface area contributed by atoms with Gasteiger partial charge in [-0.2, -0.15) is 0 Å². The highest BCUT2D eigenvalue weighted by Crippen LogP contribution is 2.43. The van der Waals surface area contributed by atoms with Crippen molar-refractivity contribution >= 4 is 30.8 Å².